The molecular weight excluding hydrogens is 276 g/mol. The Hall–Kier alpha value is -2.15. The Labute approximate surface area is 118 Å². The Morgan fingerprint density at radius 1 is 1.25 bits per heavy atom. The lowest BCUT2D eigenvalue weighted by atomic mass is 10.3. The van der Waals surface area contributed by atoms with E-state index >= 15 is 0 Å². The third-order valence-electron chi connectivity index (χ3n) is 2.69. The van der Waals surface area contributed by atoms with E-state index in [-0.39, 0.29) is 4.90 Å². The van der Waals surface area contributed by atoms with E-state index in [0.29, 0.717) is 18.1 Å². The second-order valence-electron chi connectivity index (χ2n) is 4.18. The molecule has 7 heteroatoms. The van der Waals surface area contributed by atoms with Crippen molar-refractivity contribution in [2.75, 3.05) is 16.6 Å². The Kier molecular flexibility index (Phi) is 4.19. The average molecular weight is 292 g/mol. The summed E-state index contributed by atoms with van der Waals surface area (Å²) in [5, 5.41) is 2.94. The number of nitrogens with zero attached hydrogens (tertiary/aromatic N) is 2. The molecule has 0 bridgehead atoms. The molecule has 6 nitrogen and oxygen atoms in total. The molecule has 0 fully saturated rings. The molecule has 0 amide bonds. The molecule has 0 aromatic carbocycles. The fourth-order valence-corrected chi connectivity index (χ4v) is 2.93. The van der Waals surface area contributed by atoms with Crippen molar-refractivity contribution >= 4 is 21.5 Å². The third kappa shape index (κ3) is 3.05. The number of aryl methyl sites for hydroxylation is 1. The highest BCUT2D eigenvalue weighted by molar-refractivity contribution is 7.92. The molecule has 0 atom stereocenters. The SMILES string of the molecule is CCNc1ncccc1S(=O)(=O)Nc1cnccc1C. The van der Waals surface area contributed by atoms with E-state index in [0.717, 1.165) is 5.56 Å². The average Bonchev–Trinajstić information content (AvgIpc) is 2.42. The molecule has 0 saturated heterocycles. The van der Waals surface area contributed by atoms with Crippen LogP contribution in [0, 0.1) is 6.92 Å². The van der Waals surface area contributed by atoms with Crippen LogP contribution in [0.4, 0.5) is 11.5 Å². The molecule has 2 N–H and O–H groups in total. The molecule has 0 aliphatic rings. The van der Waals surface area contributed by atoms with Gasteiger partial charge in [-0.3, -0.25) is 9.71 Å². The van der Waals surface area contributed by atoms with Gasteiger partial charge in [0.2, 0.25) is 0 Å². The Morgan fingerprint density at radius 2 is 2.05 bits per heavy atom. The van der Waals surface area contributed by atoms with Gasteiger partial charge in [-0.15, -0.1) is 0 Å². The molecule has 2 aromatic rings. The van der Waals surface area contributed by atoms with Crippen LogP contribution in [0.3, 0.4) is 0 Å². The smallest absolute Gasteiger partial charge is 0.265 e. The number of sulfonamides is 1. The van der Waals surface area contributed by atoms with Crippen LogP contribution in [0.2, 0.25) is 0 Å². The summed E-state index contributed by atoms with van der Waals surface area (Å²) in [5.41, 5.74) is 1.26. The summed E-state index contributed by atoms with van der Waals surface area (Å²) < 4.78 is 27.4. The molecule has 0 spiro atoms. The lowest BCUT2D eigenvalue weighted by molar-refractivity contribution is 0.601. The first-order valence-corrected chi connectivity index (χ1v) is 7.65. The van der Waals surface area contributed by atoms with Gasteiger partial charge in [0, 0.05) is 18.9 Å². The summed E-state index contributed by atoms with van der Waals surface area (Å²) in [6.07, 6.45) is 4.64. The van der Waals surface area contributed by atoms with E-state index in [1.165, 1.54) is 12.3 Å². The molecular formula is C13H16N4O2S. The molecule has 0 aliphatic carbocycles. The predicted molar refractivity (Wildman–Crippen MR) is 78.2 cm³/mol. The van der Waals surface area contributed by atoms with Crippen LogP contribution >= 0.6 is 0 Å². The number of hydrogen-bond acceptors (Lipinski definition) is 5. The zero-order chi connectivity index (χ0) is 14.6. The summed E-state index contributed by atoms with van der Waals surface area (Å²) in [6.45, 7) is 4.28. The van der Waals surface area contributed by atoms with Crippen molar-refractivity contribution in [2.45, 2.75) is 18.7 Å². The molecule has 20 heavy (non-hydrogen) atoms. The predicted octanol–water partition coefficient (Wildman–Crippen LogP) is 2.02. The monoisotopic (exact) mass is 292 g/mol. The van der Waals surface area contributed by atoms with Crippen molar-refractivity contribution in [1.29, 1.82) is 0 Å². The van der Waals surface area contributed by atoms with Crippen molar-refractivity contribution in [2.24, 2.45) is 0 Å². The molecule has 2 heterocycles. The number of aromatic nitrogens is 2. The number of nitrogens with one attached hydrogen (secondary N) is 2. The quantitative estimate of drug-likeness (QED) is 0.880. The van der Waals surface area contributed by atoms with Crippen LogP contribution in [0.1, 0.15) is 12.5 Å². The van der Waals surface area contributed by atoms with Crippen LogP contribution < -0.4 is 10.0 Å². The highest BCUT2D eigenvalue weighted by Gasteiger charge is 2.19. The maximum absolute atomic E-state index is 12.4. The van der Waals surface area contributed by atoms with Crippen molar-refractivity contribution in [3.63, 3.8) is 0 Å². The molecule has 0 radical (unpaired) electrons. The van der Waals surface area contributed by atoms with E-state index in [4.69, 9.17) is 0 Å². The first-order valence-electron chi connectivity index (χ1n) is 6.17. The van der Waals surface area contributed by atoms with Crippen molar-refractivity contribution in [3.05, 3.63) is 42.4 Å². The number of anilines is 2. The van der Waals surface area contributed by atoms with Gasteiger partial charge in [0.1, 0.15) is 10.7 Å². The van der Waals surface area contributed by atoms with Crippen LogP contribution in [0.15, 0.2) is 41.7 Å². The van der Waals surface area contributed by atoms with Gasteiger partial charge in [0.25, 0.3) is 10.0 Å². The fraction of sp³-hybridized carbons (Fsp3) is 0.231. The van der Waals surface area contributed by atoms with Crippen molar-refractivity contribution < 1.29 is 8.42 Å². The number of rotatable bonds is 5. The fourth-order valence-electron chi connectivity index (χ4n) is 1.68. The van der Waals surface area contributed by atoms with Gasteiger partial charge in [-0.1, -0.05) is 0 Å². The van der Waals surface area contributed by atoms with E-state index in [1.807, 2.05) is 13.8 Å². The molecule has 0 aliphatic heterocycles. The highest BCUT2D eigenvalue weighted by atomic mass is 32.2. The largest absolute Gasteiger partial charge is 0.369 e. The zero-order valence-corrected chi connectivity index (χ0v) is 12.1. The van der Waals surface area contributed by atoms with Crippen molar-refractivity contribution in [1.82, 2.24) is 9.97 Å². The summed E-state index contributed by atoms with van der Waals surface area (Å²) >= 11 is 0. The molecule has 0 saturated carbocycles. The lowest BCUT2D eigenvalue weighted by Gasteiger charge is -2.12. The normalized spacial score (nSPS) is 11.1. The van der Waals surface area contributed by atoms with Gasteiger partial charge < -0.3 is 5.32 Å². The third-order valence-corrected chi connectivity index (χ3v) is 4.08. The van der Waals surface area contributed by atoms with E-state index in [9.17, 15) is 8.42 Å². The van der Waals surface area contributed by atoms with E-state index in [2.05, 4.69) is 20.0 Å². The Balaban J connectivity index is 2.39. The zero-order valence-electron chi connectivity index (χ0n) is 11.3. The molecule has 2 rings (SSSR count). The number of hydrogen-bond donors (Lipinski definition) is 2. The molecule has 106 valence electrons. The molecule has 2 aromatic heterocycles. The standard InChI is InChI=1S/C13H16N4O2S/c1-3-15-13-12(5-4-7-16-13)20(18,19)17-11-9-14-8-6-10(11)2/h4-9,17H,3H2,1-2H3,(H,15,16). The topological polar surface area (TPSA) is 84.0 Å². The van der Waals surface area contributed by atoms with Crippen molar-refractivity contribution in [3.8, 4) is 0 Å². The van der Waals surface area contributed by atoms with Gasteiger partial charge in [-0.2, -0.15) is 0 Å². The van der Waals surface area contributed by atoms with Gasteiger partial charge in [0.15, 0.2) is 0 Å². The summed E-state index contributed by atoms with van der Waals surface area (Å²) in [4.78, 5) is 8.09. The second-order valence-corrected chi connectivity index (χ2v) is 5.83. The minimum absolute atomic E-state index is 0.116. The minimum Gasteiger partial charge on any atom is -0.369 e. The minimum atomic E-state index is -3.70. The maximum Gasteiger partial charge on any atom is 0.265 e. The lowest BCUT2D eigenvalue weighted by Crippen LogP contribution is -2.16. The first-order chi connectivity index (χ1) is 9.54. The van der Waals surface area contributed by atoms with Gasteiger partial charge in [-0.25, -0.2) is 13.4 Å². The van der Waals surface area contributed by atoms with E-state index in [1.54, 1.807) is 24.5 Å². The van der Waals surface area contributed by atoms with E-state index < -0.39 is 10.0 Å². The maximum atomic E-state index is 12.4. The van der Waals surface area contributed by atoms with Crippen LogP contribution in [0.25, 0.3) is 0 Å². The highest BCUT2D eigenvalue weighted by Crippen LogP contribution is 2.22. The van der Waals surface area contributed by atoms with Gasteiger partial charge in [-0.05, 0) is 37.6 Å². The molecule has 0 unspecified atom stereocenters. The summed E-state index contributed by atoms with van der Waals surface area (Å²) in [7, 11) is -3.70. The second kappa shape index (κ2) is 5.87. The Bertz CT molecular complexity index is 701. The van der Waals surface area contributed by atoms with Gasteiger partial charge >= 0.3 is 0 Å². The summed E-state index contributed by atoms with van der Waals surface area (Å²) in [6, 6.07) is 4.84. The van der Waals surface area contributed by atoms with Crippen LogP contribution in [0.5, 0.6) is 0 Å². The van der Waals surface area contributed by atoms with Crippen LogP contribution in [-0.2, 0) is 10.0 Å². The number of pyridine rings is 2. The first kappa shape index (κ1) is 14.3. The summed E-state index contributed by atoms with van der Waals surface area (Å²) in [5.74, 6) is 0.337. The van der Waals surface area contributed by atoms with Crippen LogP contribution in [-0.4, -0.2) is 24.9 Å². The van der Waals surface area contributed by atoms with Gasteiger partial charge in [0.05, 0.1) is 11.9 Å². The Morgan fingerprint density at radius 3 is 2.75 bits per heavy atom.